The molecule has 0 spiro atoms. The average Bonchev–Trinajstić information content (AvgIpc) is 2.91. The maximum atomic E-state index is 14.1. The monoisotopic (exact) mass is 510 g/mol. The number of ether oxygens (including phenoxy) is 4. The van der Waals surface area contributed by atoms with Gasteiger partial charge in [-0.1, -0.05) is 26.0 Å². The summed E-state index contributed by atoms with van der Waals surface area (Å²) in [6.45, 7) is 5.88. The predicted octanol–water partition coefficient (Wildman–Crippen LogP) is 4.71. The number of piperidine rings is 2. The summed E-state index contributed by atoms with van der Waals surface area (Å²) in [5.74, 6) is 2.61. The van der Waals surface area contributed by atoms with Gasteiger partial charge in [-0.15, -0.1) is 0 Å². The Morgan fingerprint density at radius 2 is 1.46 bits per heavy atom. The van der Waals surface area contributed by atoms with E-state index in [0.29, 0.717) is 46.9 Å². The third-order valence-electron chi connectivity index (χ3n) is 7.48. The van der Waals surface area contributed by atoms with E-state index in [2.05, 4.69) is 13.8 Å². The zero-order valence-electron chi connectivity index (χ0n) is 22.7. The number of anilines is 1. The van der Waals surface area contributed by atoms with Gasteiger partial charge in [-0.05, 0) is 42.4 Å². The highest BCUT2D eigenvalue weighted by atomic mass is 16.5. The van der Waals surface area contributed by atoms with Crippen LogP contribution in [0.5, 0.6) is 23.0 Å². The second kappa shape index (κ2) is 11.3. The minimum atomic E-state index is -0.491. The van der Waals surface area contributed by atoms with Crippen molar-refractivity contribution in [1.29, 1.82) is 0 Å². The molecule has 4 atom stereocenters. The average molecular weight is 511 g/mol. The van der Waals surface area contributed by atoms with E-state index in [9.17, 15) is 9.59 Å². The standard InChI is InChI=1S/C29H38N2O6/c1-18-13-19(2)17-30(16-18)29(33)23-11-12-26(32)31(27(23)20-7-9-22(34-3)10-8-20)21-14-24(35-4)28(37-6)25(15-21)36-5/h7-10,14-15,18-19,23,27H,11-13,16-17H2,1-6H3. The van der Waals surface area contributed by atoms with Crippen molar-refractivity contribution in [3.63, 3.8) is 0 Å². The predicted molar refractivity (Wildman–Crippen MR) is 142 cm³/mol. The van der Waals surface area contributed by atoms with Crippen LogP contribution < -0.4 is 23.8 Å². The van der Waals surface area contributed by atoms with Crippen LogP contribution in [-0.4, -0.2) is 58.2 Å². The molecule has 0 aliphatic carbocycles. The van der Waals surface area contributed by atoms with Crippen molar-refractivity contribution < 1.29 is 28.5 Å². The van der Waals surface area contributed by atoms with Gasteiger partial charge in [0.15, 0.2) is 11.5 Å². The number of rotatable bonds is 7. The molecule has 2 amide bonds. The second-order valence-electron chi connectivity index (χ2n) is 10.2. The van der Waals surface area contributed by atoms with Gasteiger partial charge in [-0.25, -0.2) is 0 Å². The fourth-order valence-electron chi connectivity index (χ4n) is 5.92. The lowest BCUT2D eigenvalue weighted by Crippen LogP contribution is -2.52. The third-order valence-corrected chi connectivity index (χ3v) is 7.48. The largest absolute Gasteiger partial charge is 0.497 e. The molecule has 2 aliphatic rings. The Labute approximate surface area is 219 Å². The first-order chi connectivity index (χ1) is 17.8. The van der Waals surface area contributed by atoms with Gasteiger partial charge >= 0.3 is 0 Å². The number of hydrogen-bond donors (Lipinski definition) is 0. The molecule has 2 fully saturated rings. The molecule has 2 aromatic carbocycles. The van der Waals surface area contributed by atoms with Gasteiger partial charge in [0.1, 0.15) is 5.75 Å². The number of benzene rings is 2. The topological polar surface area (TPSA) is 77.5 Å². The van der Waals surface area contributed by atoms with Crippen molar-refractivity contribution in [2.24, 2.45) is 17.8 Å². The first-order valence-corrected chi connectivity index (χ1v) is 12.9. The lowest BCUT2D eigenvalue weighted by molar-refractivity contribution is -0.141. The Hall–Kier alpha value is -3.42. The quantitative estimate of drug-likeness (QED) is 0.537. The first kappa shape index (κ1) is 26.6. The molecule has 0 aromatic heterocycles. The molecular formula is C29H38N2O6. The van der Waals surface area contributed by atoms with Crippen LogP contribution in [0, 0.1) is 17.8 Å². The molecule has 8 heteroatoms. The Morgan fingerprint density at radius 3 is 1.97 bits per heavy atom. The third kappa shape index (κ3) is 5.33. The zero-order chi connectivity index (χ0) is 26.7. The number of hydrogen-bond acceptors (Lipinski definition) is 6. The smallest absolute Gasteiger partial charge is 0.228 e. The van der Waals surface area contributed by atoms with E-state index in [1.807, 2.05) is 29.2 Å². The molecule has 0 radical (unpaired) electrons. The number of likely N-dealkylation sites (tertiary alicyclic amines) is 1. The summed E-state index contributed by atoms with van der Waals surface area (Å²) in [6.07, 6.45) is 1.89. The minimum Gasteiger partial charge on any atom is -0.497 e. The van der Waals surface area contributed by atoms with Gasteiger partial charge in [-0.3, -0.25) is 9.59 Å². The Morgan fingerprint density at radius 1 is 0.865 bits per heavy atom. The summed E-state index contributed by atoms with van der Waals surface area (Å²) in [4.78, 5) is 31.4. The van der Waals surface area contributed by atoms with E-state index >= 15 is 0 Å². The summed E-state index contributed by atoms with van der Waals surface area (Å²) >= 11 is 0. The molecule has 4 unspecified atom stereocenters. The van der Waals surface area contributed by atoms with Crippen molar-refractivity contribution in [3.05, 3.63) is 42.0 Å². The molecule has 0 bridgehead atoms. The first-order valence-electron chi connectivity index (χ1n) is 12.9. The number of amides is 2. The molecule has 4 rings (SSSR count). The zero-order valence-corrected chi connectivity index (χ0v) is 22.7. The van der Waals surface area contributed by atoms with Gasteiger partial charge in [-0.2, -0.15) is 0 Å². The normalized spacial score (nSPS) is 24.0. The van der Waals surface area contributed by atoms with Gasteiger partial charge < -0.3 is 28.7 Å². The van der Waals surface area contributed by atoms with Crippen LogP contribution in [-0.2, 0) is 9.59 Å². The van der Waals surface area contributed by atoms with Crippen molar-refractivity contribution in [2.75, 3.05) is 46.4 Å². The van der Waals surface area contributed by atoms with Crippen LogP contribution in [0.3, 0.4) is 0 Å². The van der Waals surface area contributed by atoms with Crippen LogP contribution in [0.1, 0.15) is 44.7 Å². The Kier molecular flexibility index (Phi) is 8.15. The highest BCUT2D eigenvalue weighted by Gasteiger charge is 2.44. The van der Waals surface area contributed by atoms with E-state index in [1.165, 1.54) is 0 Å². The molecule has 2 aliphatic heterocycles. The van der Waals surface area contributed by atoms with Crippen LogP contribution in [0.25, 0.3) is 0 Å². The molecule has 2 heterocycles. The summed E-state index contributed by atoms with van der Waals surface area (Å²) in [5, 5.41) is 0. The number of methoxy groups -OCH3 is 4. The van der Waals surface area contributed by atoms with Gasteiger partial charge in [0, 0.05) is 31.6 Å². The molecule has 2 aromatic rings. The van der Waals surface area contributed by atoms with Crippen molar-refractivity contribution in [3.8, 4) is 23.0 Å². The fraction of sp³-hybridized carbons (Fsp3) is 0.517. The van der Waals surface area contributed by atoms with Crippen molar-refractivity contribution >= 4 is 17.5 Å². The van der Waals surface area contributed by atoms with Crippen molar-refractivity contribution in [1.82, 2.24) is 4.90 Å². The van der Waals surface area contributed by atoms with Gasteiger partial charge in [0.05, 0.1) is 46.1 Å². The lowest BCUT2D eigenvalue weighted by Gasteiger charge is -2.44. The van der Waals surface area contributed by atoms with E-state index in [1.54, 1.807) is 45.5 Å². The van der Waals surface area contributed by atoms with E-state index in [0.717, 1.165) is 25.1 Å². The summed E-state index contributed by atoms with van der Waals surface area (Å²) < 4.78 is 22.0. The van der Waals surface area contributed by atoms with Crippen LogP contribution in [0.4, 0.5) is 5.69 Å². The second-order valence-corrected chi connectivity index (χ2v) is 10.2. The lowest BCUT2D eigenvalue weighted by atomic mass is 9.81. The molecular weight excluding hydrogens is 472 g/mol. The summed E-state index contributed by atoms with van der Waals surface area (Å²) in [6, 6.07) is 10.7. The Bertz CT molecular complexity index is 1080. The maximum Gasteiger partial charge on any atom is 0.228 e. The molecule has 0 N–H and O–H groups in total. The summed E-state index contributed by atoms with van der Waals surface area (Å²) in [5.41, 5.74) is 1.47. The van der Waals surface area contributed by atoms with Gasteiger partial charge in [0.2, 0.25) is 17.6 Å². The highest BCUT2D eigenvalue weighted by molar-refractivity contribution is 5.98. The van der Waals surface area contributed by atoms with Crippen LogP contribution in [0.15, 0.2) is 36.4 Å². The molecule has 200 valence electrons. The molecule has 37 heavy (non-hydrogen) atoms. The minimum absolute atomic E-state index is 0.0560. The number of carbonyl (C=O) groups excluding carboxylic acids is 2. The number of carbonyl (C=O) groups is 2. The number of nitrogens with zero attached hydrogens (tertiary/aromatic N) is 2. The fourth-order valence-corrected chi connectivity index (χ4v) is 5.92. The van der Waals surface area contributed by atoms with Gasteiger partial charge in [0.25, 0.3) is 0 Å². The molecule has 2 saturated heterocycles. The highest BCUT2D eigenvalue weighted by Crippen LogP contribution is 2.47. The van der Waals surface area contributed by atoms with Crippen molar-refractivity contribution in [2.45, 2.75) is 39.2 Å². The van der Waals surface area contributed by atoms with E-state index in [-0.39, 0.29) is 24.2 Å². The maximum absolute atomic E-state index is 14.1. The Balaban J connectivity index is 1.82. The molecule has 0 saturated carbocycles. The van der Waals surface area contributed by atoms with Crippen LogP contribution in [0.2, 0.25) is 0 Å². The molecule has 8 nitrogen and oxygen atoms in total. The van der Waals surface area contributed by atoms with Crippen LogP contribution >= 0.6 is 0 Å². The van der Waals surface area contributed by atoms with E-state index in [4.69, 9.17) is 18.9 Å². The SMILES string of the molecule is COc1ccc(C2C(C(=O)N3CC(C)CC(C)C3)CCC(=O)N2c2cc(OC)c(OC)c(OC)c2)cc1. The summed E-state index contributed by atoms with van der Waals surface area (Å²) in [7, 11) is 6.25. The van der Waals surface area contributed by atoms with E-state index < -0.39 is 6.04 Å².